The lowest BCUT2D eigenvalue weighted by Crippen LogP contribution is -2.44. The third-order valence-corrected chi connectivity index (χ3v) is 6.65. The molecule has 1 aromatic carbocycles. The third kappa shape index (κ3) is 2.82. The Morgan fingerprint density at radius 1 is 1.23 bits per heavy atom. The predicted molar refractivity (Wildman–Crippen MR) is 107 cm³/mol. The van der Waals surface area contributed by atoms with Crippen LogP contribution in [-0.4, -0.2) is 44.3 Å². The molecule has 0 saturated carbocycles. The van der Waals surface area contributed by atoms with E-state index in [0.717, 1.165) is 9.55 Å². The van der Waals surface area contributed by atoms with Crippen LogP contribution in [0.15, 0.2) is 27.8 Å². The fourth-order valence-corrected chi connectivity index (χ4v) is 5.15. The van der Waals surface area contributed by atoms with Crippen molar-refractivity contribution in [2.24, 2.45) is 0 Å². The molecule has 5 rings (SSSR count). The van der Waals surface area contributed by atoms with Crippen LogP contribution in [0.5, 0.6) is 5.75 Å². The number of thiophene rings is 1. The van der Waals surface area contributed by atoms with Gasteiger partial charge in [-0.15, -0.1) is 11.3 Å². The average Bonchev–Trinajstić information content (AvgIpc) is 3.04. The van der Waals surface area contributed by atoms with E-state index in [9.17, 15) is 29.4 Å². The topological polar surface area (TPSA) is 141 Å². The first-order chi connectivity index (χ1) is 14.3. The van der Waals surface area contributed by atoms with Gasteiger partial charge in [-0.1, -0.05) is 6.07 Å². The molecule has 1 unspecified atom stereocenters. The Hall–Kier alpha value is -3.44. The van der Waals surface area contributed by atoms with Crippen molar-refractivity contribution in [2.45, 2.75) is 25.6 Å². The molecular formula is C19H16N4O6S. The number of aromatic hydroxyl groups is 1. The minimum Gasteiger partial charge on any atom is -0.508 e. The molecule has 0 radical (unpaired) electrons. The summed E-state index contributed by atoms with van der Waals surface area (Å²) in [5, 5.41) is 23.3. The van der Waals surface area contributed by atoms with Crippen LogP contribution >= 0.6 is 11.3 Å². The number of hydrogen-bond acceptors (Lipinski definition) is 8. The summed E-state index contributed by atoms with van der Waals surface area (Å²) in [5.74, 6) is -1.23. The zero-order valence-electron chi connectivity index (χ0n) is 15.5. The van der Waals surface area contributed by atoms with Crippen molar-refractivity contribution in [2.75, 3.05) is 12.0 Å². The number of carbonyl (C=O) groups is 2. The smallest absolute Gasteiger partial charge is 0.340 e. The van der Waals surface area contributed by atoms with E-state index in [4.69, 9.17) is 0 Å². The molecule has 30 heavy (non-hydrogen) atoms. The van der Waals surface area contributed by atoms with E-state index in [1.807, 2.05) is 0 Å². The largest absolute Gasteiger partial charge is 0.508 e. The van der Waals surface area contributed by atoms with E-state index in [1.165, 1.54) is 11.3 Å². The van der Waals surface area contributed by atoms with Crippen molar-refractivity contribution in [3.8, 4) is 5.75 Å². The summed E-state index contributed by atoms with van der Waals surface area (Å²) in [6.07, 6.45) is 0.378. The Labute approximate surface area is 172 Å². The zero-order valence-corrected chi connectivity index (χ0v) is 16.3. The molecule has 2 aliphatic heterocycles. The molecule has 10 nitrogen and oxygen atoms in total. The van der Waals surface area contributed by atoms with Crippen LogP contribution in [0.25, 0.3) is 0 Å². The summed E-state index contributed by atoms with van der Waals surface area (Å²) in [6.45, 7) is 1.06. The SMILES string of the molecule is O=C(O)c1c(Nn2c(=O)c2=O)sc2c1CC(CN1Cc3c(O)cccc3C1=O)NC2. The molecule has 0 spiro atoms. The molecule has 0 saturated heterocycles. The lowest BCUT2D eigenvalue weighted by atomic mass is 9.97. The number of rotatable bonds is 5. The highest BCUT2D eigenvalue weighted by Crippen LogP contribution is 2.37. The molecule has 1 atom stereocenters. The molecule has 11 heteroatoms. The van der Waals surface area contributed by atoms with Crippen LogP contribution in [0.1, 0.15) is 36.7 Å². The van der Waals surface area contributed by atoms with E-state index in [1.54, 1.807) is 23.1 Å². The van der Waals surface area contributed by atoms with Gasteiger partial charge in [0.05, 0.1) is 12.1 Å². The monoisotopic (exact) mass is 428 g/mol. The Bertz CT molecular complexity index is 1260. The number of aromatic nitrogens is 1. The highest BCUT2D eigenvalue weighted by atomic mass is 32.1. The molecule has 3 aromatic rings. The Balaban J connectivity index is 1.37. The van der Waals surface area contributed by atoms with Gasteiger partial charge in [0.15, 0.2) is 0 Å². The van der Waals surface area contributed by atoms with Crippen molar-refractivity contribution in [1.29, 1.82) is 0 Å². The molecule has 2 aliphatic rings. The normalized spacial score (nSPS) is 17.9. The molecule has 154 valence electrons. The lowest BCUT2D eigenvalue weighted by molar-refractivity contribution is 0.0693. The van der Waals surface area contributed by atoms with Crippen LogP contribution in [0.4, 0.5) is 5.00 Å². The average molecular weight is 428 g/mol. The van der Waals surface area contributed by atoms with Crippen molar-refractivity contribution < 1.29 is 19.8 Å². The minimum atomic E-state index is -1.15. The van der Waals surface area contributed by atoms with Crippen LogP contribution in [0.3, 0.4) is 0 Å². The van der Waals surface area contributed by atoms with Crippen LogP contribution < -0.4 is 21.9 Å². The van der Waals surface area contributed by atoms with Gasteiger partial charge in [0.25, 0.3) is 5.91 Å². The summed E-state index contributed by atoms with van der Waals surface area (Å²) in [4.78, 5) is 49.5. The number of benzene rings is 1. The lowest BCUT2D eigenvalue weighted by Gasteiger charge is -2.28. The van der Waals surface area contributed by atoms with Crippen molar-refractivity contribution >= 4 is 28.2 Å². The maximum Gasteiger partial charge on any atom is 0.340 e. The van der Waals surface area contributed by atoms with Gasteiger partial charge in [-0.05, 0) is 24.1 Å². The van der Waals surface area contributed by atoms with Crippen LogP contribution in [-0.2, 0) is 19.5 Å². The van der Waals surface area contributed by atoms with E-state index in [0.29, 0.717) is 42.7 Å². The second kappa shape index (κ2) is 6.54. The highest BCUT2D eigenvalue weighted by Gasteiger charge is 2.34. The number of hydrogen-bond donors (Lipinski definition) is 4. The van der Waals surface area contributed by atoms with E-state index in [-0.39, 0.29) is 28.3 Å². The van der Waals surface area contributed by atoms with Crippen molar-refractivity contribution in [3.63, 3.8) is 0 Å². The molecule has 4 heterocycles. The molecular weight excluding hydrogens is 412 g/mol. The number of fused-ring (bicyclic) bond motifs is 2. The van der Waals surface area contributed by atoms with Gasteiger partial charge in [0.1, 0.15) is 10.8 Å². The van der Waals surface area contributed by atoms with Crippen LogP contribution in [0, 0.1) is 0 Å². The van der Waals surface area contributed by atoms with Crippen LogP contribution in [0.2, 0.25) is 0 Å². The molecule has 0 fully saturated rings. The first-order valence-corrected chi connectivity index (χ1v) is 10.0. The number of anilines is 1. The number of aromatic carboxylic acids is 1. The maximum absolute atomic E-state index is 12.7. The van der Waals surface area contributed by atoms with E-state index >= 15 is 0 Å². The first kappa shape index (κ1) is 18.6. The summed E-state index contributed by atoms with van der Waals surface area (Å²) in [5.41, 5.74) is 2.93. The van der Waals surface area contributed by atoms with Gasteiger partial charge in [-0.2, -0.15) is 4.68 Å². The molecule has 0 bridgehead atoms. The van der Waals surface area contributed by atoms with Gasteiger partial charge in [-0.3, -0.25) is 19.8 Å². The Morgan fingerprint density at radius 3 is 2.67 bits per heavy atom. The maximum atomic E-state index is 12.7. The number of amides is 1. The number of carboxylic acid groups (broad SMARTS) is 1. The fraction of sp³-hybridized carbons (Fsp3) is 0.263. The van der Waals surface area contributed by atoms with Gasteiger partial charge in [0, 0.05) is 35.1 Å². The highest BCUT2D eigenvalue weighted by molar-refractivity contribution is 7.16. The summed E-state index contributed by atoms with van der Waals surface area (Å²) in [7, 11) is 0. The number of carbonyl (C=O) groups excluding carboxylic acids is 1. The summed E-state index contributed by atoms with van der Waals surface area (Å²) < 4.78 is 0.779. The second-order valence-corrected chi connectivity index (χ2v) is 8.45. The predicted octanol–water partition coefficient (Wildman–Crippen LogP) is 0.0949. The number of nitrogens with zero attached hydrogens (tertiary/aromatic N) is 2. The van der Waals surface area contributed by atoms with Gasteiger partial charge in [0.2, 0.25) is 0 Å². The molecule has 0 aliphatic carbocycles. The van der Waals surface area contributed by atoms with Crippen molar-refractivity contribution in [3.05, 3.63) is 66.0 Å². The van der Waals surface area contributed by atoms with E-state index < -0.39 is 17.1 Å². The zero-order chi connectivity index (χ0) is 21.2. The summed E-state index contributed by atoms with van der Waals surface area (Å²) >= 11 is 1.19. The second-order valence-electron chi connectivity index (χ2n) is 7.34. The number of phenolic OH excluding ortho intramolecular Hbond substituents is 1. The molecule has 1 amide bonds. The summed E-state index contributed by atoms with van der Waals surface area (Å²) in [6, 6.07) is 4.68. The van der Waals surface area contributed by atoms with Crippen molar-refractivity contribution in [1.82, 2.24) is 14.9 Å². The number of phenols is 1. The van der Waals surface area contributed by atoms with Gasteiger partial charge in [-0.25, -0.2) is 4.79 Å². The standard InChI is InChI=1S/C19H16N4O6S/c24-12-3-1-2-9-11(12)7-22(16(9)25)6-8-4-10-13(5-20-8)30-15(14(10)19(28)29)21-23-17(26)18(23)27/h1-3,8,20-21,24H,4-7H2,(H,28,29). The number of nitrogens with one attached hydrogen (secondary N) is 2. The quantitative estimate of drug-likeness (QED) is 0.419. The molecule has 4 N–H and O–H groups in total. The Morgan fingerprint density at radius 2 is 2.00 bits per heavy atom. The molecule has 2 aromatic heterocycles. The third-order valence-electron chi connectivity index (χ3n) is 5.52. The first-order valence-electron chi connectivity index (χ1n) is 9.21. The van der Waals surface area contributed by atoms with Gasteiger partial charge < -0.3 is 20.4 Å². The van der Waals surface area contributed by atoms with E-state index in [2.05, 4.69) is 10.7 Å². The minimum absolute atomic E-state index is 0.0441. The Kier molecular flexibility index (Phi) is 4.05. The number of carboxylic acids is 1. The fourth-order valence-electron chi connectivity index (χ4n) is 3.99. The van der Waals surface area contributed by atoms with Gasteiger partial charge >= 0.3 is 17.1 Å².